The van der Waals surface area contributed by atoms with Crippen molar-refractivity contribution >= 4 is 11.9 Å². The van der Waals surface area contributed by atoms with Gasteiger partial charge in [0.25, 0.3) is 0 Å². The van der Waals surface area contributed by atoms with Gasteiger partial charge in [0.15, 0.2) is 12.4 Å². The zero-order valence-corrected chi connectivity index (χ0v) is 36.5. The van der Waals surface area contributed by atoms with Crippen LogP contribution in [0.4, 0.5) is 0 Å². The van der Waals surface area contributed by atoms with Gasteiger partial charge in [0.1, 0.15) is 31.0 Å². The molecular formula is C48H84O10. The van der Waals surface area contributed by atoms with Crippen LogP contribution in [-0.2, 0) is 28.5 Å². The molecule has 1 aliphatic rings. The Morgan fingerprint density at radius 3 is 1.55 bits per heavy atom. The molecule has 1 aliphatic heterocycles. The van der Waals surface area contributed by atoms with Crippen LogP contribution in [0.5, 0.6) is 0 Å². The molecule has 336 valence electrons. The number of hydrogen-bond donors (Lipinski definition) is 4. The predicted molar refractivity (Wildman–Crippen MR) is 233 cm³/mol. The quantitative estimate of drug-likeness (QED) is 0.0269. The van der Waals surface area contributed by atoms with E-state index >= 15 is 0 Å². The Balaban J connectivity index is 2.32. The summed E-state index contributed by atoms with van der Waals surface area (Å²) in [6.45, 7) is 3.29. The van der Waals surface area contributed by atoms with Crippen LogP contribution in [0.1, 0.15) is 187 Å². The molecule has 6 atom stereocenters. The van der Waals surface area contributed by atoms with Crippen LogP contribution in [0.3, 0.4) is 0 Å². The van der Waals surface area contributed by atoms with Crippen molar-refractivity contribution < 1.29 is 49.0 Å². The van der Waals surface area contributed by atoms with E-state index in [1.807, 2.05) is 0 Å². The maximum Gasteiger partial charge on any atom is 0.306 e. The lowest BCUT2D eigenvalue weighted by Gasteiger charge is -2.39. The minimum atomic E-state index is -1.60. The number of esters is 2. The molecule has 10 nitrogen and oxygen atoms in total. The molecule has 1 rings (SSSR count). The van der Waals surface area contributed by atoms with Gasteiger partial charge in [-0.05, 0) is 70.6 Å². The molecule has 1 saturated heterocycles. The zero-order valence-electron chi connectivity index (χ0n) is 36.5. The molecule has 1 heterocycles. The second-order valence-corrected chi connectivity index (χ2v) is 15.8. The van der Waals surface area contributed by atoms with Crippen LogP contribution < -0.4 is 0 Å². The van der Waals surface area contributed by atoms with Crippen molar-refractivity contribution in [2.45, 2.75) is 224 Å². The Hall–Kier alpha value is -2.34. The van der Waals surface area contributed by atoms with Crippen molar-refractivity contribution in [1.29, 1.82) is 0 Å². The molecule has 0 amide bonds. The first-order valence-electron chi connectivity index (χ1n) is 23.2. The lowest BCUT2D eigenvalue weighted by molar-refractivity contribution is -0.305. The third kappa shape index (κ3) is 29.8. The van der Waals surface area contributed by atoms with Gasteiger partial charge in [0, 0.05) is 12.8 Å². The normalized spacial score (nSPS) is 20.6. The topological polar surface area (TPSA) is 152 Å². The highest BCUT2D eigenvalue weighted by atomic mass is 16.7. The first-order chi connectivity index (χ1) is 28.3. The second-order valence-electron chi connectivity index (χ2n) is 15.8. The van der Waals surface area contributed by atoms with Gasteiger partial charge in [-0.25, -0.2) is 0 Å². The van der Waals surface area contributed by atoms with E-state index in [-0.39, 0.29) is 32.0 Å². The van der Waals surface area contributed by atoms with E-state index in [4.69, 9.17) is 18.9 Å². The fraction of sp³-hybridized carbons (Fsp3) is 0.792. The fourth-order valence-electron chi connectivity index (χ4n) is 6.79. The number of ether oxygens (including phenoxy) is 4. The summed E-state index contributed by atoms with van der Waals surface area (Å²) in [4.78, 5) is 25.3. The maximum atomic E-state index is 12.8. The van der Waals surface area contributed by atoms with Gasteiger partial charge in [-0.1, -0.05) is 152 Å². The average molecular weight is 821 g/mol. The van der Waals surface area contributed by atoms with Crippen molar-refractivity contribution in [2.75, 3.05) is 19.8 Å². The van der Waals surface area contributed by atoms with E-state index in [1.54, 1.807) is 0 Å². The van der Waals surface area contributed by atoms with Gasteiger partial charge in [-0.2, -0.15) is 0 Å². The van der Waals surface area contributed by atoms with Crippen LogP contribution >= 0.6 is 0 Å². The van der Waals surface area contributed by atoms with Gasteiger partial charge >= 0.3 is 11.9 Å². The van der Waals surface area contributed by atoms with Crippen molar-refractivity contribution in [1.82, 2.24) is 0 Å². The van der Waals surface area contributed by atoms with Gasteiger partial charge in [0.2, 0.25) is 0 Å². The maximum absolute atomic E-state index is 12.8. The van der Waals surface area contributed by atoms with E-state index in [9.17, 15) is 30.0 Å². The monoisotopic (exact) mass is 821 g/mol. The molecule has 0 aromatic carbocycles. The third-order valence-electron chi connectivity index (χ3n) is 10.4. The summed E-state index contributed by atoms with van der Waals surface area (Å²) in [6.07, 6.45) is 38.3. The van der Waals surface area contributed by atoms with E-state index in [0.29, 0.717) is 6.42 Å². The lowest BCUT2D eigenvalue weighted by Crippen LogP contribution is -2.59. The summed E-state index contributed by atoms with van der Waals surface area (Å²) in [5.41, 5.74) is 0. The van der Waals surface area contributed by atoms with Crippen molar-refractivity contribution in [3.8, 4) is 0 Å². The zero-order chi connectivity index (χ0) is 42.3. The van der Waals surface area contributed by atoms with Gasteiger partial charge < -0.3 is 39.4 Å². The predicted octanol–water partition coefficient (Wildman–Crippen LogP) is 10.1. The van der Waals surface area contributed by atoms with Gasteiger partial charge in [-0.3, -0.25) is 9.59 Å². The number of aliphatic hydroxyl groups is 4. The average Bonchev–Trinajstić information content (AvgIpc) is 3.22. The Bertz CT molecular complexity index is 1090. The summed E-state index contributed by atoms with van der Waals surface area (Å²) in [7, 11) is 0. The Morgan fingerprint density at radius 2 is 1.02 bits per heavy atom. The highest BCUT2D eigenvalue weighted by Crippen LogP contribution is 2.22. The fourth-order valence-corrected chi connectivity index (χ4v) is 6.79. The van der Waals surface area contributed by atoms with Crippen molar-refractivity contribution in [3.05, 3.63) is 48.6 Å². The molecule has 1 fully saturated rings. The highest BCUT2D eigenvalue weighted by Gasteiger charge is 2.44. The molecule has 0 spiro atoms. The van der Waals surface area contributed by atoms with Crippen LogP contribution in [0.15, 0.2) is 48.6 Å². The minimum absolute atomic E-state index is 0.209. The molecule has 0 aromatic rings. The van der Waals surface area contributed by atoms with Crippen LogP contribution in [0, 0.1) is 0 Å². The molecular weight excluding hydrogens is 737 g/mol. The summed E-state index contributed by atoms with van der Waals surface area (Å²) in [5.74, 6) is -0.831. The van der Waals surface area contributed by atoms with Crippen molar-refractivity contribution in [2.24, 2.45) is 0 Å². The summed E-state index contributed by atoms with van der Waals surface area (Å²) in [5, 5.41) is 40.1. The molecule has 4 N–H and O–H groups in total. The molecule has 0 radical (unpaired) electrons. The standard InChI is InChI=1S/C48H84O10/c1-3-5-7-9-11-13-15-17-19-20-21-23-24-26-28-30-32-34-36-43(50)55-39-41(40-56-48-47(54)46(53)45(52)42(38-49)58-48)57-44(51)37-35-33-31-29-27-25-22-18-16-14-12-10-8-6-4-2/h6,8,12,14,18-20,22,41-42,45-49,52-54H,3-5,7,9-11,13,15-17,21,23-40H2,1-2H3/b8-6-,14-12-,20-19-,22-18-. The number of aliphatic hydroxyl groups excluding tert-OH is 4. The SMILES string of the molecule is CC/C=C\C/C=C\C/C=C\CCCCCCCC(=O)OC(COC(=O)CCCCCCCCC/C=C\CCCCCCCCC)COC1OC(CO)C(O)C(O)C1O. The smallest absolute Gasteiger partial charge is 0.306 e. The molecule has 10 heteroatoms. The number of carbonyl (C=O) groups excluding carboxylic acids is 2. The molecule has 6 unspecified atom stereocenters. The number of unbranched alkanes of at least 4 members (excludes halogenated alkanes) is 19. The molecule has 0 aromatic heterocycles. The Kier molecular flexibility index (Phi) is 35.9. The molecule has 0 aliphatic carbocycles. The lowest BCUT2D eigenvalue weighted by atomic mass is 9.99. The molecule has 0 saturated carbocycles. The van der Waals surface area contributed by atoms with Crippen LogP contribution in [0.25, 0.3) is 0 Å². The number of hydrogen-bond acceptors (Lipinski definition) is 10. The second kappa shape index (κ2) is 38.8. The van der Waals surface area contributed by atoms with Crippen molar-refractivity contribution in [3.63, 3.8) is 0 Å². The van der Waals surface area contributed by atoms with Gasteiger partial charge in [-0.15, -0.1) is 0 Å². The minimum Gasteiger partial charge on any atom is -0.462 e. The largest absolute Gasteiger partial charge is 0.462 e. The Labute approximate surface area is 352 Å². The number of allylic oxidation sites excluding steroid dienone is 8. The van der Waals surface area contributed by atoms with Crippen LogP contribution in [-0.4, -0.2) is 89.0 Å². The first kappa shape index (κ1) is 53.7. The van der Waals surface area contributed by atoms with E-state index in [0.717, 1.165) is 83.5 Å². The van der Waals surface area contributed by atoms with Crippen LogP contribution in [0.2, 0.25) is 0 Å². The summed E-state index contributed by atoms with van der Waals surface area (Å²) < 4.78 is 22.2. The highest BCUT2D eigenvalue weighted by molar-refractivity contribution is 5.70. The first-order valence-corrected chi connectivity index (χ1v) is 23.2. The third-order valence-corrected chi connectivity index (χ3v) is 10.4. The number of carbonyl (C=O) groups is 2. The van der Waals surface area contributed by atoms with E-state index < -0.39 is 49.4 Å². The molecule has 58 heavy (non-hydrogen) atoms. The van der Waals surface area contributed by atoms with Gasteiger partial charge in [0.05, 0.1) is 13.2 Å². The molecule has 0 bridgehead atoms. The Morgan fingerprint density at radius 1 is 0.552 bits per heavy atom. The van der Waals surface area contributed by atoms with E-state index in [1.165, 1.54) is 70.6 Å². The van der Waals surface area contributed by atoms with E-state index in [2.05, 4.69) is 62.5 Å². The summed E-state index contributed by atoms with van der Waals surface area (Å²) in [6, 6.07) is 0. The number of rotatable bonds is 38. The summed E-state index contributed by atoms with van der Waals surface area (Å²) >= 11 is 0.